The van der Waals surface area contributed by atoms with Crippen LogP contribution in [0.4, 0.5) is 17.1 Å². The third-order valence-electron chi connectivity index (χ3n) is 13.7. The van der Waals surface area contributed by atoms with Crippen LogP contribution >= 0.6 is 0 Å². The van der Waals surface area contributed by atoms with Gasteiger partial charge in [-0.15, -0.1) is 0 Å². The first-order valence-electron chi connectivity index (χ1n) is 22.3. The second-order valence-electron chi connectivity index (χ2n) is 17.6. The third kappa shape index (κ3) is 6.15. The fourth-order valence-corrected chi connectivity index (χ4v) is 10.5. The maximum atomic E-state index is 2.42. The molecule has 0 unspecified atom stereocenters. The van der Waals surface area contributed by atoms with Crippen LogP contribution in [0.1, 0.15) is 25.0 Å². The van der Waals surface area contributed by atoms with Gasteiger partial charge in [0.15, 0.2) is 0 Å². The molecule has 0 amide bonds. The molecular formula is C63H45N. The SMILES string of the molecule is CC1(C)c2ccccc2-c2ccc(N(c3ccc(-c4ccccc4)cc3)c3ccc(-c4c(-c5cccc(-c6ccccc6)c5)ccc5c6ccccc6c6ccccc6c45)cc3)cc21. The first kappa shape index (κ1) is 37.7. The summed E-state index contributed by atoms with van der Waals surface area (Å²) < 4.78 is 0. The monoisotopic (exact) mass is 815 g/mol. The standard InChI is InChI=1S/C63H45N/c1-63(2)59-27-14-13-25-55(59)56-37-36-50(41-60(56)63)64(48-32-28-44(29-33-48)42-16-5-3-6-17-42)49-34-30-45(31-35-49)61-51(47-21-15-20-46(40-47)43-18-7-4-8-19-43)38-39-58-54-24-10-9-22-52(54)53-23-11-12-26-57(53)62(58)61/h3-41H,1-2H3. The summed E-state index contributed by atoms with van der Waals surface area (Å²) in [4.78, 5) is 2.42. The maximum Gasteiger partial charge on any atom is 0.0465 e. The van der Waals surface area contributed by atoms with E-state index in [0.717, 1.165) is 17.1 Å². The van der Waals surface area contributed by atoms with Gasteiger partial charge >= 0.3 is 0 Å². The van der Waals surface area contributed by atoms with E-state index in [1.807, 2.05) is 0 Å². The van der Waals surface area contributed by atoms with Gasteiger partial charge in [-0.2, -0.15) is 0 Å². The van der Waals surface area contributed by atoms with Crippen molar-refractivity contribution >= 4 is 49.4 Å². The van der Waals surface area contributed by atoms with E-state index in [1.165, 1.54) is 99.1 Å². The summed E-state index contributed by atoms with van der Waals surface area (Å²) in [6, 6.07) is 87.2. The van der Waals surface area contributed by atoms with Gasteiger partial charge in [-0.05, 0) is 142 Å². The van der Waals surface area contributed by atoms with Gasteiger partial charge in [0.25, 0.3) is 0 Å². The first-order chi connectivity index (χ1) is 31.5. The molecule has 0 saturated carbocycles. The molecule has 0 fully saturated rings. The van der Waals surface area contributed by atoms with E-state index in [1.54, 1.807) is 0 Å². The predicted molar refractivity (Wildman–Crippen MR) is 273 cm³/mol. The highest BCUT2D eigenvalue weighted by Gasteiger charge is 2.35. The maximum absolute atomic E-state index is 2.42. The van der Waals surface area contributed by atoms with Crippen molar-refractivity contribution < 1.29 is 0 Å². The molecular weight excluding hydrogens is 771 g/mol. The average molecular weight is 816 g/mol. The normalized spacial score (nSPS) is 12.7. The van der Waals surface area contributed by atoms with Crippen LogP contribution in [0.15, 0.2) is 237 Å². The van der Waals surface area contributed by atoms with Crippen LogP contribution in [-0.4, -0.2) is 0 Å². The highest BCUT2D eigenvalue weighted by atomic mass is 15.1. The van der Waals surface area contributed by atoms with Crippen molar-refractivity contribution in [3.05, 3.63) is 248 Å². The van der Waals surface area contributed by atoms with Crippen LogP contribution in [-0.2, 0) is 5.41 Å². The average Bonchev–Trinajstić information content (AvgIpc) is 3.59. The quantitative estimate of drug-likeness (QED) is 0.145. The molecule has 11 aromatic carbocycles. The summed E-state index contributed by atoms with van der Waals surface area (Å²) >= 11 is 0. The molecule has 1 aliphatic carbocycles. The van der Waals surface area contributed by atoms with Crippen LogP contribution in [0.3, 0.4) is 0 Å². The largest absolute Gasteiger partial charge is 0.310 e. The number of benzene rings is 11. The second kappa shape index (κ2) is 15.1. The lowest BCUT2D eigenvalue weighted by Gasteiger charge is -2.28. The summed E-state index contributed by atoms with van der Waals surface area (Å²) in [5.74, 6) is 0. The van der Waals surface area contributed by atoms with Gasteiger partial charge in [0.2, 0.25) is 0 Å². The molecule has 0 N–H and O–H groups in total. The molecule has 12 rings (SSSR count). The van der Waals surface area contributed by atoms with E-state index in [4.69, 9.17) is 0 Å². The molecule has 11 aromatic rings. The Morgan fingerprint density at radius 1 is 0.281 bits per heavy atom. The van der Waals surface area contributed by atoms with Gasteiger partial charge in [0, 0.05) is 22.5 Å². The Balaban J connectivity index is 1.06. The Morgan fingerprint density at radius 2 is 0.734 bits per heavy atom. The molecule has 302 valence electrons. The van der Waals surface area contributed by atoms with E-state index >= 15 is 0 Å². The number of fused-ring (bicyclic) bond motifs is 9. The molecule has 0 saturated heterocycles. The minimum absolute atomic E-state index is 0.121. The molecule has 1 aliphatic rings. The zero-order chi connectivity index (χ0) is 42.8. The van der Waals surface area contributed by atoms with Gasteiger partial charge < -0.3 is 4.90 Å². The predicted octanol–water partition coefficient (Wildman–Crippen LogP) is 17.6. The van der Waals surface area contributed by atoms with Crippen LogP contribution in [0.5, 0.6) is 0 Å². The molecule has 64 heavy (non-hydrogen) atoms. The van der Waals surface area contributed by atoms with E-state index in [0.29, 0.717) is 0 Å². The molecule has 0 bridgehead atoms. The van der Waals surface area contributed by atoms with Crippen LogP contribution in [0, 0.1) is 0 Å². The van der Waals surface area contributed by atoms with Crippen LogP contribution in [0.2, 0.25) is 0 Å². The minimum atomic E-state index is -0.121. The fourth-order valence-electron chi connectivity index (χ4n) is 10.5. The Hall–Kier alpha value is -8.00. The van der Waals surface area contributed by atoms with Crippen molar-refractivity contribution in [2.24, 2.45) is 0 Å². The molecule has 0 aliphatic heterocycles. The van der Waals surface area contributed by atoms with Gasteiger partial charge in [0.05, 0.1) is 0 Å². The van der Waals surface area contributed by atoms with Crippen molar-refractivity contribution in [3.8, 4) is 55.6 Å². The highest BCUT2D eigenvalue weighted by molar-refractivity contribution is 6.29. The Bertz CT molecular complexity index is 3510. The van der Waals surface area contributed by atoms with Crippen molar-refractivity contribution in [2.75, 3.05) is 4.90 Å². The van der Waals surface area contributed by atoms with Crippen molar-refractivity contribution in [1.82, 2.24) is 0 Å². The summed E-state index contributed by atoms with van der Waals surface area (Å²) in [6.45, 7) is 4.72. The molecule has 0 aromatic heterocycles. The number of rotatable bonds is 7. The van der Waals surface area contributed by atoms with E-state index in [-0.39, 0.29) is 5.41 Å². The molecule has 1 heteroatoms. The van der Waals surface area contributed by atoms with Gasteiger partial charge in [-0.25, -0.2) is 0 Å². The Kier molecular flexibility index (Phi) is 8.91. The minimum Gasteiger partial charge on any atom is -0.310 e. The summed E-state index contributed by atoms with van der Waals surface area (Å²) in [5, 5.41) is 7.62. The van der Waals surface area contributed by atoms with Crippen molar-refractivity contribution in [3.63, 3.8) is 0 Å². The van der Waals surface area contributed by atoms with Crippen molar-refractivity contribution in [2.45, 2.75) is 19.3 Å². The van der Waals surface area contributed by atoms with Crippen LogP contribution < -0.4 is 4.90 Å². The lowest BCUT2D eigenvalue weighted by molar-refractivity contribution is 0.660. The number of nitrogens with zero attached hydrogens (tertiary/aromatic N) is 1. The number of hydrogen-bond acceptors (Lipinski definition) is 1. The van der Waals surface area contributed by atoms with E-state index < -0.39 is 0 Å². The topological polar surface area (TPSA) is 3.24 Å². The van der Waals surface area contributed by atoms with Gasteiger partial charge in [-0.1, -0.05) is 208 Å². The van der Waals surface area contributed by atoms with Crippen LogP contribution in [0.25, 0.3) is 88.0 Å². The molecule has 0 heterocycles. The highest BCUT2D eigenvalue weighted by Crippen LogP contribution is 2.51. The Morgan fingerprint density at radius 3 is 1.41 bits per heavy atom. The van der Waals surface area contributed by atoms with E-state index in [9.17, 15) is 0 Å². The lowest BCUT2D eigenvalue weighted by Crippen LogP contribution is -2.16. The summed E-state index contributed by atoms with van der Waals surface area (Å²) in [5.41, 5.74) is 18.3. The zero-order valence-corrected chi connectivity index (χ0v) is 36.0. The summed E-state index contributed by atoms with van der Waals surface area (Å²) in [6.07, 6.45) is 0. The van der Waals surface area contributed by atoms with Crippen molar-refractivity contribution in [1.29, 1.82) is 0 Å². The molecule has 0 radical (unpaired) electrons. The fraction of sp³-hybridized carbons (Fsp3) is 0.0476. The van der Waals surface area contributed by atoms with Gasteiger partial charge in [0.1, 0.15) is 0 Å². The van der Waals surface area contributed by atoms with Gasteiger partial charge in [-0.3, -0.25) is 0 Å². The number of hydrogen-bond donors (Lipinski definition) is 0. The zero-order valence-electron chi connectivity index (χ0n) is 36.0. The Labute approximate surface area is 375 Å². The smallest absolute Gasteiger partial charge is 0.0465 e. The summed E-state index contributed by atoms with van der Waals surface area (Å²) in [7, 11) is 0. The second-order valence-corrected chi connectivity index (χ2v) is 17.6. The van der Waals surface area contributed by atoms with E-state index in [2.05, 4.69) is 255 Å². The first-order valence-corrected chi connectivity index (χ1v) is 22.3. The molecule has 0 spiro atoms. The number of anilines is 3. The molecule has 0 atom stereocenters. The lowest BCUT2D eigenvalue weighted by atomic mass is 9.82. The molecule has 1 nitrogen and oxygen atoms in total. The third-order valence-corrected chi connectivity index (χ3v) is 13.7.